The molecular weight excluding hydrogens is 192 g/mol. The highest BCUT2D eigenvalue weighted by Gasteiger charge is 2.45. The minimum Gasteiger partial charge on any atom is -0.391 e. The standard InChI is InChI=1S/C8H16O6/c1-3(9)7-5(11)4(10)6(12)8(13-2)14-7/h3-12H,1-2H3/t3-,4-,5+,6-,7+,8+/m0/s1. The lowest BCUT2D eigenvalue weighted by molar-refractivity contribution is -0.302. The minimum atomic E-state index is -1.38. The molecule has 1 saturated heterocycles. The summed E-state index contributed by atoms with van der Waals surface area (Å²) < 4.78 is 9.81. The first-order valence-electron chi connectivity index (χ1n) is 4.39. The van der Waals surface area contributed by atoms with Crippen molar-refractivity contribution < 1.29 is 29.9 Å². The molecule has 6 heteroatoms. The van der Waals surface area contributed by atoms with Crippen LogP contribution in [0.4, 0.5) is 0 Å². The van der Waals surface area contributed by atoms with E-state index in [-0.39, 0.29) is 0 Å². The number of ether oxygens (including phenoxy) is 2. The number of rotatable bonds is 2. The average Bonchev–Trinajstić information content (AvgIpc) is 2.14. The van der Waals surface area contributed by atoms with Crippen molar-refractivity contribution in [3.8, 4) is 0 Å². The maximum Gasteiger partial charge on any atom is 0.186 e. The summed E-state index contributed by atoms with van der Waals surface area (Å²) in [6.07, 6.45) is -6.97. The molecule has 84 valence electrons. The molecule has 0 amide bonds. The third-order valence-corrected chi connectivity index (χ3v) is 2.31. The molecule has 0 saturated carbocycles. The first kappa shape index (κ1) is 11.8. The van der Waals surface area contributed by atoms with Gasteiger partial charge in [0.15, 0.2) is 6.29 Å². The quantitative estimate of drug-likeness (QED) is 0.412. The minimum absolute atomic E-state index is 0.954. The molecule has 1 aliphatic heterocycles. The van der Waals surface area contributed by atoms with Crippen LogP contribution in [0, 0.1) is 0 Å². The largest absolute Gasteiger partial charge is 0.391 e. The number of hydrogen-bond acceptors (Lipinski definition) is 6. The highest BCUT2D eigenvalue weighted by molar-refractivity contribution is 4.91. The van der Waals surface area contributed by atoms with Gasteiger partial charge in [0.2, 0.25) is 0 Å². The summed E-state index contributed by atoms with van der Waals surface area (Å²) >= 11 is 0. The fourth-order valence-electron chi connectivity index (χ4n) is 1.47. The van der Waals surface area contributed by atoms with E-state index in [1.165, 1.54) is 14.0 Å². The van der Waals surface area contributed by atoms with E-state index >= 15 is 0 Å². The summed E-state index contributed by atoms with van der Waals surface area (Å²) in [5.74, 6) is 0. The predicted octanol–water partition coefficient (Wildman–Crippen LogP) is -2.18. The van der Waals surface area contributed by atoms with Crippen molar-refractivity contribution in [3.05, 3.63) is 0 Å². The summed E-state index contributed by atoms with van der Waals surface area (Å²) in [7, 11) is 1.30. The number of aliphatic hydroxyl groups excluding tert-OH is 4. The van der Waals surface area contributed by atoms with Gasteiger partial charge in [-0.15, -0.1) is 0 Å². The van der Waals surface area contributed by atoms with Gasteiger partial charge in [0.05, 0.1) is 6.10 Å². The fourth-order valence-corrected chi connectivity index (χ4v) is 1.47. The molecule has 1 fully saturated rings. The van der Waals surface area contributed by atoms with E-state index in [9.17, 15) is 20.4 Å². The Labute approximate surface area is 81.7 Å². The van der Waals surface area contributed by atoms with Gasteiger partial charge in [-0.1, -0.05) is 0 Å². The first-order chi connectivity index (χ1) is 6.49. The molecule has 14 heavy (non-hydrogen) atoms. The zero-order valence-electron chi connectivity index (χ0n) is 8.07. The summed E-state index contributed by atoms with van der Waals surface area (Å²) in [6.45, 7) is 1.42. The van der Waals surface area contributed by atoms with Crippen molar-refractivity contribution in [2.24, 2.45) is 0 Å². The van der Waals surface area contributed by atoms with E-state index in [4.69, 9.17) is 9.47 Å². The van der Waals surface area contributed by atoms with Crippen LogP contribution in [0.5, 0.6) is 0 Å². The molecule has 0 aromatic rings. The van der Waals surface area contributed by atoms with E-state index in [0.29, 0.717) is 0 Å². The molecule has 1 aliphatic rings. The van der Waals surface area contributed by atoms with Crippen molar-refractivity contribution in [2.75, 3.05) is 7.11 Å². The smallest absolute Gasteiger partial charge is 0.186 e. The van der Waals surface area contributed by atoms with Crippen LogP contribution in [-0.2, 0) is 9.47 Å². The van der Waals surface area contributed by atoms with E-state index in [1.54, 1.807) is 0 Å². The SMILES string of the molecule is CO[C@@H]1O[C@H]([C@H](C)O)[C@H](O)[C@H](O)[C@@H]1O. The molecule has 0 radical (unpaired) electrons. The Morgan fingerprint density at radius 1 is 1.14 bits per heavy atom. The normalized spacial score (nSPS) is 46.3. The second-order valence-corrected chi connectivity index (χ2v) is 3.42. The molecule has 4 N–H and O–H groups in total. The molecule has 6 atom stereocenters. The van der Waals surface area contributed by atoms with Crippen molar-refractivity contribution in [1.82, 2.24) is 0 Å². The molecule has 1 rings (SSSR count). The Morgan fingerprint density at radius 3 is 2.14 bits per heavy atom. The molecule has 0 spiro atoms. The maximum absolute atomic E-state index is 9.44. The van der Waals surface area contributed by atoms with Crippen LogP contribution in [0.3, 0.4) is 0 Å². The second-order valence-electron chi connectivity index (χ2n) is 3.42. The molecule has 6 nitrogen and oxygen atoms in total. The lowest BCUT2D eigenvalue weighted by Crippen LogP contribution is -2.60. The van der Waals surface area contributed by atoms with Gasteiger partial charge in [0.1, 0.15) is 24.4 Å². The van der Waals surface area contributed by atoms with E-state index in [1.807, 2.05) is 0 Å². The van der Waals surface area contributed by atoms with Crippen molar-refractivity contribution in [3.63, 3.8) is 0 Å². The number of hydrogen-bond donors (Lipinski definition) is 4. The summed E-state index contributed by atoms with van der Waals surface area (Å²) in [5, 5.41) is 37.4. The van der Waals surface area contributed by atoms with Gasteiger partial charge < -0.3 is 29.9 Å². The third kappa shape index (κ3) is 2.05. The molecule has 0 aromatic carbocycles. The summed E-state index contributed by atoms with van der Waals surface area (Å²) in [6, 6.07) is 0. The van der Waals surface area contributed by atoms with Crippen LogP contribution in [0.25, 0.3) is 0 Å². The van der Waals surface area contributed by atoms with E-state index in [0.717, 1.165) is 0 Å². The molecule has 1 heterocycles. The average molecular weight is 208 g/mol. The van der Waals surface area contributed by atoms with Crippen molar-refractivity contribution in [1.29, 1.82) is 0 Å². The van der Waals surface area contributed by atoms with Gasteiger partial charge in [-0.25, -0.2) is 0 Å². The molecular formula is C8H16O6. The summed E-state index contributed by atoms with van der Waals surface area (Å²) in [5.41, 5.74) is 0. The van der Waals surface area contributed by atoms with Crippen LogP contribution in [0.1, 0.15) is 6.92 Å². The van der Waals surface area contributed by atoms with E-state index < -0.39 is 36.8 Å². The van der Waals surface area contributed by atoms with Crippen LogP contribution in [0.15, 0.2) is 0 Å². The van der Waals surface area contributed by atoms with Gasteiger partial charge in [-0.2, -0.15) is 0 Å². The van der Waals surface area contributed by atoms with E-state index in [2.05, 4.69) is 0 Å². The Hall–Kier alpha value is -0.240. The Kier molecular flexibility index (Phi) is 3.82. The molecule has 0 unspecified atom stereocenters. The van der Waals surface area contributed by atoms with Crippen LogP contribution in [0.2, 0.25) is 0 Å². The van der Waals surface area contributed by atoms with Gasteiger partial charge in [-0.3, -0.25) is 0 Å². The van der Waals surface area contributed by atoms with Gasteiger partial charge in [0, 0.05) is 7.11 Å². The van der Waals surface area contributed by atoms with Gasteiger partial charge in [-0.05, 0) is 6.92 Å². The molecule has 0 aliphatic carbocycles. The lowest BCUT2D eigenvalue weighted by Gasteiger charge is -2.40. The topological polar surface area (TPSA) is 99.4 Å². The maximum atomic E-state index is 9.44. The first-order valence-corrected chi connectivity index (χ1v) is 4.39. The van der Waals surface area contributed by atoms with Crippen LogP contribution >= 0.6 is 0 Å². The van der Waals surface area contributed by atoms with Gasteiger partial charge in [0.25, 0.3) is 0 Å². The zero-order valence-corrected chi connectivity index (χ0v) is 8.07. The number of aliphatic hydroxyl groups is 4. The molecule has 0 aromatic heterocycles. The van der Waals surface area contributed by atoms with Crippen LogP contribution < -0.4 is 0 Å². The van der Waals surface area contributed by atoms with Crippen molar-refractivity contribution >= 4 is 0 Å². The summed E-state index contributed by atoms with van der Waals surface area (Å²) in [4.78, 5) is 0. The predicted molar refractivity (Wildman–Crippen MR) is 45.4 cm³/mol. The Bertz CT molecular complexity index is 183. The highest BCUT2D eigenvalue weighted by Crippen LogP contribution is 2.23. The van der Waals surface area contributed by atoms with Crippen LogP contribution in [-0.4, -0.2) is 64.3 Å². The Balaban J connectivity index is 2.73. The Morgan fingerprint density at radius 2 is 1.71 bits per heavy atom. The monoisotopic (exact) mass is 208 g/mol. The van der Waals surface area contributed by atoms with Crippen molar-refractivity contribution in [2.45, 2.75) is 43.7 Å². The second kappa shape index (κ2) is 4.52. The highest BCUT2D eigenvalue weighted by atomic mass is 16.7. The third-order valence-electron chi connectivity index (χ3n) is 2.31. The van der Waals surface area contributed by atoms with Gasteiger partial charge >= 0.3 is 0 Å². The zero-order chi connectivity index (χ0) is 10.9. The number of methoxy groups -OCH3 is 1. The fraction of sp³-hybridized carbons (Fsp3) is 1.00. The lowest BCUT2D eigenvalue weighted by atomic mass is 9.96. The molecule has 0 bridgehead atoms.